The van der Waals surface area contributed by atoms with Gasteiger partial charge < -0.3 is 8.85 Å². The summed E-state index contributed by atoms with van der Waals surface area (Å²) in [6.45, 7) is 2.17. The molecule has 0 aliphatic heterocycles. The molecule has 11 heavy (non-hydrogen) atoms. The Labute approximate surface area is 81.6 Å². The summed E-state index contributed by atoms with van der Waals surface area (Å²) >= 11 is 2.18. The topological polar surface area (TPSA) is 24.1 Å². The molecule has 0 saturated carbocycles. The van der Waals surface area contributed by atoms with E-state index in [1.165, 1.54) is 23.4 Å². The maximum Gasteiger partial charge on any atom is 0.0558 e. The molecule has 0 atom stereocenters. The minimum atomic E-state index is 1.13. The lowest BCUT2D eigenvalue weighted by Gasteiger charge is -2.16. The predicted molar refractivity (Wildman–Crippen MR) is 56.2 cm³/mol. The molecule has 1 aliphatic carbocycles. The second-order valence-corrected chi connectivity index (χ2v) is 3.27. The highest BCUT2D eigenvalue weighted by Crippen LogP contribution is 2.20. The molecule has 62 valence electrons. The molecule has 0 aromatic carbocycles. The van der Waals surface area contributed by atoms with Crippen molar-refractivity contribution in [2.75, 3.05) is 7.05 Å². The van der Waals surface area contributed by atoms with Crippen molar-refractivity contribution in [1.29, 1.82) is 0 Å². The summed E-state index contributed by atoms with van der Waals surface area (Å²) < 4.78 is 3.17. The minimum absolute atomic E-state index is 1.13. The molecule has 1 rings (SSSR count). The molecule has 0 spiro atoms. The standard InChI is InChI=1S/C8H13IN2/c1-6-3-4-7(11-9)8(5-6)10-2/h5,10-11H,3-4H2,1-2H3. The predicted octanol–water partition coefficient (Wildman–Crippen LogP) is 2.10. The van der Waals surface area contributed by atoms with E-state index in [-0.39, 0.29) is 0 Å². The summed E-state index contributed by atoms with van der Waals surface area (Å²) in [5, 5.41) is 3.17. The van der Waals surface area contributed by atoms with Crippen LogP contribution in [0, 0.1) is 0 Å². The maximum atomic E-state index is 3.17. The summed E-state index contributed by atoms with van der Waals surface area (Å²) in [4.78, 5) is 0. The molecule has 0 fully saturated rings. The van der Waals surface area contributed by atoms with E-state index in [2.05, 4.69) is 44.7 Å². The molecule has 0 amide bonds. The molecule has 0 heterocycles. The third-order valence-electron chi connectivity index (χ3n) is 1.87. The fourth-order valence-corrected chi connectivity index (χ4v) is 1.74. The Morgan fingerprint density at radius 2 is 2.18 bits per heavy atom. The van der Waals surface area contributed by atoms with Crippen LogP contribution in [0.15, 0.2) is 23.0 Å². The number of hydrogen-bond donors (Lipinski definition) is 2. The quantitative estimate of drug-likeness (QED) is 0.589. The van der Waals surface area contributed by atoms with Gasteiger partial charge in [-0.1, -0.05) is 5.57 Å². The maximum absolute atomic E-state index is 3.17. The van der Waals surface area contributed by atoms with Crippen LogP contribution in [-0.2, 0) is 0 Å². The SMILES string of the molecule is CNC1=C(NI)CCC(C)=C1. The first-order valence-corrected chi connectivity index (χ1v) is 4.80. The second-order valence-electron chi connectivity index (χ2n) is 2.73. The van der Waals surface area contributed by atoms with E-state index in [9.17, 15) is 0 Å². The summed E-state index contributed by atoms with van der Waals surface area (Å²) in [6, 6.07) is 0. The molecule has 0 saturated heterocycles. The molecule has 0 radical (unpaired) electrons. The average molecular weight is 264 g/mol. The van der Waals surface area contributed by atoms with E-state index < -0.39 is 0 Å². The molecule has 0 unspecified atom stereocenters. The fourth-order valence-electron chi connectivity index (χ4n) is 1.18. The van der Waals surface area contributed by atoms with E-state index in [1.54, 1.807) is 0 Å². The number of allylic oxidation sites excluding steroid dienone is 3. The van der Waals surface area contributed by atoms with Gasteiger partial charge in [-0.15, -0.1) is 0 Å². The van der Waals surface area contributed by atoms with Crippen LogP contribution in [0.2, 0.25) is 0 Å². The van der Waals surface area contributed by atoms with Gasteiger partial charge in [-0.2, -0.15) is 0 Å². The first-order valence-electron chi connectivity index (χ1n) is 3.72. The lowest BCUT2D eigenvalue weighted by molar-refractivity contribution is 0.822. The van der Waals surface area contributed by atoms with Gasteiger partial charge in [0.25, 0.3) is 0 Å². The zero-order valence-corrected chi connectivity index (χ0v) is 9.03. The highest BCUT2D eigenvalue weighted by atomic mass is 127. The Hall–Kier alpha value is -0.190. The van der Waals surface area contributed by atoms with Crippen molar-refractivity contribution in [3.63, 3.8) is 0 Å². The van der Waals surface area contributed by atoms with E-state index in [4.69, 9.17) is 0 Å². The van der Waals surface area contributed by atoms with Crippen molar-refractivity contribution >= 4 is 22.9 Å². The first kappa shape index (κ1) is 8.90. The van der Waals surface area contributed by atoms with E-state index >= 15 is 0 Å². The Morgan fingerprint density at radius 1 is 1.45 bits per heavy atom. The largest absolute Gasteiger partial charge is 0.387 e. The van der Waals surface area contributed by atoms with Crippen molar-refractivity contribution in [3.8, 4) is 0 Å². The van der Waals surface area contributed by atoms with Gasteiger partial charge >= 0.3 is 0 Å². The van der Waals surface area contributed by atoms with Gasteiger partial charge in [-0.25, -0.2) is 0 Å². The van der Waals surface area contributed by atoms with Crippen LogP contribution in [0.3, 0.4) is 0 Å². The monoisotopic (exact) mass is 264 g/mol. The Kier molecular flexibility index (Phi) is 3.23. The zero-order chi connectivity index (χ0) is 8.27. The number of hydrogen-bond acceptors (Lipinski definition) is 2. The van der Waals surface area contributed by atoms with Crippen molar-refractivity contribution < 1.29 is 0 Å². The van der Waals surface area contributed by atoms with Crippen LogP contribution in [0.5, 0.6) is 0 Å². The van der Waals surface area contributed by atoms with Crippen molar-refractivity contribution in [1.82, 2.24) is 8.85 Å². The molecule has 2 nitrogen and oxygen atoms in total. The van der Waals surface area contributed by atoms with Gasteiger partial charge in [0.1, 0.15) is 0 Å². The Morgan fingerprint density at radius 3 is 2.73 bits per heavy atom. The minimum Gasteiger partial charge on any atom is -0.387 e. The molecular weight excluding hydrogens is 251 g/mol. The lowest BCUT2D eigenvalue weighted by Crippen LogP contribution is -2.15. The van der Waals surface area contributed by atoms with Crippen LogP contribution in [0.25, 0.3) is 0 Å². The third kappa shape index (κ3) is 2.12. The average Bonchev–Trinajstić information content (AvgIpc) is 2.04. The molecule has 0 bridgehead atoms. The van der Waals surface area contributed by atoms with Crippen LogP contribution >= 0.6 is 22.9 Å². The molecular formula is C8H13IN2. The van der Waals surface area contributed by atoms with Gasteiger partial charge in [0.2, 0.25) is 0 Å². The van der Waals surface area contributed by atoms with Crippen LogP contribution in [-0.4, -0.2) is 7.05 Å². The van der Waals surface area contributed by atoms with Crippen LogP contribution in [0.4, 0.5) is 0 Å². The van der Waals surface area contributed by atoms with Gasteiger partial charge in [0.15, 0.2) is 0 Å². The van der Waals surface area contributed by atoms with E-state index in [0.29, 0.717) is 0 Å². The van der Waals surface area contributed by atoms with Crippen molar-refractivity contribution in [2.24, 2.45) is 0 Å². The smallest absolute Gasteiger partial charge is 0.0558 e. The Bertz CT molecular complexity index is 206. The van der Waals surface area contributed by atoms with Gasteiger partial charge in [0.05, 0.1) is 28.6 Å². The summed E-state index contributed by atoms with van der Waals surface area (Å²) in [7, 11) is 1.96. The summed E-state index contributed by atoms with van der Waals surface area (Å²) in [5.41, 5.74) is 3.98. The van der Waals surface area contributed by atoms with Gasteiger partial charge in [-0.3, -0.25) is 0 Å². The number of rotatable bonds is 2. The van der Waals surface area contributed by atoms with Crippen molar-refractivity contribution in [2.45, 2.75) is 19.8 Å². The van der Waals surface area contributed by atoms with Crippen molar-refractivity contribution in [3.05, 3.63) is 23.0 Å². The highest BCUT2D eigenvalue weighted by molar-refractivity contribution is 14.1. The van der Waals surface area contributed by atoms with Gasteiger partial charge in [0, 0.05) is 12.7 Å². The summed E-state index contributed by atoms with van der Waals surface area (Å²) in [6.07, 6.45) is 4.50. The third-order valence-corrected chi connectivity index (χ3v) is 2.52. The fraction of sp³-hybridized carbons (Fsp3) is 0.500. The van der Waals surface area contributed by atoms with Crippen LogP contribution in [0.1, 0.15) is 19.8 Å². The Balaban J connectivity index is 2.83. The lowest BCUT2D eigenvalue weighted by atomic mass is 10.0. The van der Waals surface area contributed by atoms with E-state index in [0.717, 1.165) is 6.42 Å². The molecule has 0 aromatic rings. The number of likely N-dealkylation sites (N-methyl/N-ethyl adjacent to an activating group) is 1. The molecule has 0 aromatic heterocycles. The molecule has 2 N–H and O–H groups in total. The number of halogens is 1. The second kappa shape index (κ2) is 3.99. The molecule has 3 heteroatoms. The number of nitrogens with one attached hydrogen (secondary N) is 2. The summed E-state index contributed by atoms with van der Waals surface area (Å²) in [5.74, 6) is 0. The normalized spacial score (nSPS) is 17.9. The first-order chi connectivity index (χ1) is 5.27. The zero-order valence-electron chi connectivity index (χ0n) is 6.87. The van der Waals surface area contributed by atoms with E-state index in [1.807, 2.05) is 7.05 Å². The van der Waals surface area contributed by atoms with Crippen LogP contribution < -0.4 is 8.85 Å². The molecule has 1 aliphatic rings. The highest BCUT2D eigenvalue weighted by Gasteiger charge is 2.08. The van der Waals surface area contributed by atoms with Gasteiger partial charge in [-0.05, 0) is 25.8 Å².